The van der Waals surface area contributed by atoms with Crippen LogP contribution in [0.5, 0.6) is 0 Å². The van der Waals surface area contributed by atoms with E-state index in [9.17, 15) is 18.0 Å². The molecule has 1 aliphatic carbocycles. The molecule has 2 N–H and O–H groups in total. The Kier molecular flexibility index (Phi) is 6.99. The molecule has 1 aromatic carbocycles. The highest BCUT2D eigenvalue weighted by molar-refractivity contribution is 7.90. The largest absolute Gasteiger partial charge is 0.481 e. The third-order valence-corrected chi connectivity index (χ3v) is 6.29. The van der Waals surface area contributed by atoms with Crippen LogP contribution in [0.2, 0.25) is 0 Å². The van der Waals surface area contributed by atoms with Crippen LogP contribution in [0.1, 0.15) is 37.7 Å². The van der Waals surface area contributed by atoms with E-state index in [-0.39, 0.29) is 29.2 Å². The van der Waals surface area contributed by atoms with Gasteiger partial charge in [0.1, 0.15) is 0 Å². The van der Waals surface area contributed by atoms with E-state index in [1.165, 1.54) is 0 Å². The van der Waals surface area contributed by atoms with Crippen LogP contribution >= 0.6 is 0 Å². The number of aliphatic carboxylic acids is 1. The van der Waals surface area contributed by atoms with Crippen LogP contribution in [0.4, 0.5) is 0 Å². The molecule has 0 atom stereocenters. The molecule has 0 unspecified atom stereocenters. The molecule has 0 spiro atoms. The standard InChI is InChI=1S/C18H25NO5S/c20-17(15-7-9-16(10-8-15)18(21)22)19-11-4-12-25(23,24)13-14-5-2-1-3-6-14/h1-3,5-6,15-16H,4,7-13H2,(H,19,20)(H,21,22). The average Bonchev–Trinajstić information content (AvgIpc) is 2.59. The Balaban J connectivity index is 1.67. The van der Waals surface area contributed by atoms with Crippen LogP contribution < -0.4 is 5.32 Å². The van der Waals surface area contributed by atoms with E-state index >= 15 is 0 Å². The number of benzene rings is 1. The number of rotatable bonds is 8. The lowest BCUT2D eigenvalue weighted by molar-refractivity contribution is -0.144. The molecule has 0 bridgehead atoms. The molecule has 6 nitrogen and oxygen atoms in total. The van der Waals surface area contributed by atoms with Gasteiger partial charge in [0, 0.05) is 12.5 Å². The summed E-state index contributed by atoms with van der Waals surface area (Å²) in [6, 6.07) is 9.03. The first-order chi connectivity index (χ1) is 11.9. The number of hydrogen-bond donors (Lipinski definition) is 2. The Labute approximate surface area is 148 Å². The number of hydrogen-bond acceptors (Lipinski definition) is 4. The third kappa shape index (κ3) is 6.49. The van der Waals surface area contributed by atoms with E-state index in [1.807, 2.05) is 18.2 Å². The molecule has 1 saturated carbocycles. The first-order valence-corrected chi connectivity index (χ1v) is 10.4. The van der Waals surface area contributed by atoms with E-state index in [0.717, 1.165) is 5.56 Å². The number of carboxylic acids is 1. The number of nitrogens with one attached hydrogen (secondary N) is 1. The maximum Gasteiger partial charge on any atom is 0.306 e. The monoisotopic (exact) mass is 367 g/mol. The van der Waals surface area contributed by atoms with Crippen LogP contribution in [0.25, 0.3) is 0 Å². The summed E-state index contributed by atoms with van der Waals surface area (Å²) in [5.41, 5.74) is 0.765. The number of carbonyl (C=O) groups is 2. The van der Waals surface area contributed by atoms with Crippen molar-refractivity contribution in [3.8, 4) is 0 Å². The van der Waals surface area contributed by atoms with Gasteiger partial charge in [0.15, 0.2) is 9.84 Å². The zero-order chi connectivity index (χ0) is 18.3. The van der Waals surface area contributed by atoms with Gasteiger partial charge >= 0.3 is 5.97 Å². The molecule has 1 fully saturated rings. The van der Waals surface area contributed by atoms with Gasteiger partial charge in [-0.1, -0.05) is 30.3 Å². The summed E-state index contributed by atoms with van der Waals surface area (Å²) in [7, 11) is -3.19. The molecule has 1 amide bonds. The summed E-state index contributed by atoms with van der Waals surface area (Å²) in [6.07, 6.45) is 2.59. The second kappa shape index (κ2) is 8.99. The van der Waals surface area contributed by atoms with Crippen molar-refractivity contribution in [3.63, 3.8) is 0 Å². The summed E-state index contributed by atoms with van der Waals surface area (Å²) in [5, 5.41) is 11.7. The highest BCUT2D eigenvalue weighted by Gasteiger charge is 2.29. The Morgan fingerprint density at radius 1 is 1.04 bits per heavy atom. The maximum absolute atomic E-state index is 12.1. The number of carbonyl (C=O) groups excluding carboxylic acids is 1. The van der Waals surface area contributed by atoms with Gasteiger partial charge in [0.25, 0.3) is 0 Å². The number of carboxylic acid groups (broad SMARTS) is 1. The average molecular weight is 367 g/mol. The smallest absolute Gasteiger partial charge is 0.306 e. The quantitative estimate of drug-likeness (QED) is 0.685. The lowest BCUT2D eigenvalue weighted by Gasteiger charge is -2.25. The van der Waals surface area contributed by atoms with Crippen molar-refractivity contribution in [2.45, 2.75) is 37.9 Å². The lowest BCUT2D eigenvalue weighted by atomic mass is 9.81. The van der Waals surface area contributed by atoms with Gasteiger partial charge in [0.2, 0.25) is 5.91 Å². The Bertz CT molecular complexity index is 679. The van der Waals surface area contributed by atoms with Crippen molar-refractivity contribution in [2.75, 3.05) is 12.3 Å². The first kappa shape index (κ1) is 19.4. The van der Waals surface area contributed by atoms with E-state index in [1.54, 1.807) is 12.1 Å². The fourth-order valence-electron chi connectivity index (χ4n) is 3.15. The van der Waals surface area contributed by atoms with Crippen LogP contribution in [0.3, 0.4) is 0 Å². The Morgan fingerprint density at radius 3 is 2.24 bits per heavy atom. The van der Waals surface area contributed by atoms with E-state index < -0.39 is 15.8 Å². The molecule has 1 aromatic rings. The van der Waals surface area contributed by atoms with Gasteiger partial charge in [-0.05, 0) is 37.7 Å². The van der Waals surface area contributed by atoms with Crippen molar-refractivity contribution in [3.05, 3.63) is 35.9 Å². The molecular formula is C18H25NO5S. The number of sulfone groups is 1. The lowest BCUT2D eigenvalue weighted by Crippen LogP contribution is -2.35. The second-order valence-electron chi connectivity index (χ2n) is 6.61. The van der Waals surface area contributed by atoms with Crippen LogP contribution in [0, 0.1) is 11.8 Å². The van der Waals surface area contributed by atoms with Crippen LogP contribution in [-0.4, -0.2) is 37.7 Å². The van der Waals surface area contributed by atoms with Gasteiger partial charge in [-0.25, -0.2) is 8.42 Å². The molecule has 0 saturated heterocycles. The first-order valence-electron chi connectivity index (χ1n) is 8.62. The van der Waals surface area contributed by atoms with E-state index in [2.05, 4.69) is 5.32 Å². The summed E-state index contributed by atoms with van der Waals surface area (Å²) in [4.78, 5) is 23.0. The van der Waals surface area contributed by atoms with Gasteiger partial charge in [-0.3, -0.25) is 9.59 Å². The summed E-state index contributed by atoms with van der Waals surface area (Å²) >= 11 is 0. The maximum atomic E-state index is 12.1. The van der Waals surface area contributed by atoms with E-state index in [4.69, 9.17) is 5.11 Å². The SMILES string of the molecule is O=C(O)C1CCC(C(=O)NCCCS(=O)(=O)Cc2ccccc2)CC1. The fourth-order valence-corrected chi connectivity index (χ4v) is 4.58. The topological polar surface area (TPSA) is 101 Å². The summed E-state index contributed by atoms with van der Waals surface area (Å²) < 4.78 is 24.2. The van der Waals surface area contributed by atoms with Crippen LogP contribution in [0.15, 0.2) is 30.3 Å². The zero-order valence-electron chi connectivity index (χ0n) is 14.2. The molecule has 0 aromatic heterocycles. The van der Waals surface area contributed by atoms with Gasteiger partial charge in [-0.2, -0.15) is 0 Å². The molecule has 7 heteroatoms. The minimum Gasteiger partial charge on any atom is -0.481 e. The van der Waals surface area contributed by atoms with Crippen molar-refractivity contribution in [2.24, 2.45) is 11.8 Å². The fraction of sp³-hybridized carbons (Fsp3) is 0.556. The third-order valence-electron chi connectivity index (χ3n) is 4.61. The van der Waals surface area contributed by atoms with Crippen molar-refractivity contribution < 1.29 is 23.1 Å². The molecule has 0 radical (unpaired) electrons. The highest BCUT2D eigenvalue weighted by atomic mass is 32.2. The molecule has 0 heterocycles. The second-order valence-corrected chi connectivity index (χ2v) is 8.79. The van der Waals surface area contributed by atoms with E-state index in [0.29, 0.717) is 38.6 Å². The predicted octanol–water partition coefficient (Wildman–Crippen LogP) is 2.00. The Morgan fingerprint density at radius 2 is 1.64 bits per heavy atom. The predicted molar refractivity (Wildman–Crippen MR) is 94.6 cm³/mol. The van der Waals surface area contributed by atoms with Gasteiger partial charge in [0.05, 0.1) is 17.4 Å². The van der Waals surface area contributed by atoms with Crippen LogP contribution in [-0.2, 0) is 25.2 Å². The molecule has 0 aliphatic heterocycles. The highest BCUT2D eigenvalue weighted by Crippen LogP contribution is 2.28. The minimum atomic E-state index is -3.19. The minimum absolute atomic E-state index is 0.0149. The normalized spacial score (nSPS) is 20.8. The number of amides is 1. The van der Waals surface area contributed by atoms with Crippen molar-refractivity contribution in [1.29, 1.82) is 0 Å². The molecular weight excluding hydrogens is 342 g/mol. The Hall–Kier alpha value is -1.89. The summed E-state index contributed by atoms with van der Waals surface area (Å²) in [6.45, 7) is 0.325. The molecule has 138 valence electrons. The van der Waals surface area contributed by atoms with Gasteiger partial charge in [-0.15, -0.1) is 0 Å². The summed E-state index contributed by atoms with van der Waals surface area (Å²) in [5.74, 6) is -1.33. The molecule has 2 rings (SSSR count). The molecule has 25 heavy (non-hydrogen) atoms. The van der Waals surface area contributed by atoms with Crippen molar-refractivity contribution in [1.82, 2.24) is 5.32 Å². The zero-order valence-corrected chi connectivity index (χ0v) is 15.0. The van der Waals surface area contributed by atoms with Crippen molar-refractivity contribution >= 4 is 21.7 Å². The molecule has 1 aliphatic rings. The van der Waals surface area contributed by atoms with Gasteiger partial charge < -0.3 is 10.4 Å².